The normalized spacial score (nSPS) is 23.4. The van der Waals surface area contributed by atoms with Crippen molar-refractivity contribution in [1.82, 2.24) is 0 Å². The molecular weight excluding hydrogens is 143 g/mol. The predicted molar refractivity (Wildman–Crippen MR) is 40.2 cm³/mol. The van der Waals surface area contributed by atoms with Crippen LogP contribution in [-0.4, -0.2) is 6.61 Å². The Morgan fingerprint density at radius 3 is 3.36 bits per heavy atom. The topological polar surface area (TPSA) is 9.23 Å². The largest absolute Gasteiger partial charge is 0.493 e. The minimum atomic E-state index is -0.329. The standard InChI is InChI=1S/C9H9FO/c10-8-3-4-9-7(6-8)2-1-5-11-9/h3-4,6H,1-2,5H2/i2D. The first kappa shape index (κ1) is 5.58. The van der Waals surface area contributed by atoms with Crippen LogP contribution in [0.2, 0.25) is 0 Å². The summed E-state index contributed by atoms with van der Waals surface area (Å²) in [4.78, 5) is 0. The highest BCUT2D eigenvalue weighted by molar-refractivity contribution is 5.35. The summed E-state index contributed by atoms with van der Waals surface area (Å²) in [6.45, 7) is 0.562. The van der Waals surface area contributed by atoms with Crippen molar-refractivity contribution in [2.75, 3.05) is 6.61 Å². The van der Waals surface area contributed by atoms with Gasteiger partial charge in [0.05, 0.1) is 6.61 Å². The number of rotatable bonds is 0. The van der Waals surface area contributed by atoms with Crippen molar-refractivity contribution in [3.8, 4) is 5.75 Å². The molecule has 0 amide bonds. The van der Waals surface area contributed by atoms with Crippen molar-refractivity contribution < 1.29 is 10.5 Å². The maximum absolute atomic E-state index is 12.7. The number of hydrogen-bond acceptors (Lipinski definition) is 1. The number of hydrogen-bond donors (Lipinski definition) is 0. The third-order valence-electron chi connectivity index (χ3n) is 1.71. The Hall–Kier alpha value is -1.05. The van der Waals surface area contributed by atoms with E-state index in [-0.39, 0.29) is 12.2 Å². The molecule has 2 rings (SSSR count). The van der Waals surface area contributed by atoms with E-state index in [9.17, 15) is 4.39 Å². The molecule has 0 saturated heterocycles. The zero-order chi connectivity index (χ0) is 8.55. The van der Waals surface area contributed by atoms with Crippen molar-refractivity contribution in [2.24, 2.45) is 0 Å². The number of ether oxygens (including phenoxy) is 1. The minimum Gasteiger partial charge on any atom is -0.493 e. The number of aryl methyl sites for hydroxylation is 1. The summed E-state index contributed by atoms with van der Waals surface area (Å²) in [7, 11) is 0. The highest BCUT2D eigenvalue weighted by Gasteiger charge is 2.09. The lowest BCUT2D eigenvalue weighted by Gasteiger charge is -2.16. The van der Waals surface area contributed by atoms with Crippen molar-refractivity contribution in [3.63, 3.8) is 0 Å². The lowest BCUT2D eigenvalue weighted by molar-refractivity contribution is 0.287. The van der Waals surface area contributed by atoms with Crippen molar-refractivity contribution in [2.45, 2.75) is 12.8 Å². The highest BCUT2D eigenvalue weighted by atomic mass is 19.1. The van der Waals surface area contributed by atoms with Crippen LogP contribution in [0.1, 0.15) is 13.4 Å². The van der Waals surface area contributed by atoms with Crippen LogP contribution in [0.3, 0.4) is 0 Å². The molecule has 0 aromatic heterocycles. The molecule has 0 bridgehead atoms. The van der Waals surface area contributed by atoms with Crippen LogP contribution in [0.25, 0.3) is 0 Å². The zero-order valence-corrected chi connectivity index (χ0v) is 6.01. The van der Waals surface area contributed by atoms with Crippen molar-refractivity contribution in [3.05, 3.63) is 29.6 Å². The van der Waals surface area contributed by atoms with Crippen LogP contribution in [0.4, 0.5) is 4.39 Å². The van der Waals surface area contributed by atoms with Gasteiger partial charge < -0.3 is 4.74 Å². The number of halogens is 1. The molecule has 1 aliphatic heterocycles. The van der Waals surface area contributed by atoms with E-state index in [0.29, 0.717) is 24.3 Å². The van der Waals surface area contributed by atoms with Gasteiger partial charge in [-0.2, -0.15) is 0 Å². The van der Waals surface area contributed by atoms with Gasteiger partial charge in [0, 0.05) is 1.37 Å². The molecule has 1 nitrogen and oxygen atoms in total. The third-order valence-corrected chi connectivity index (χ3v) is 1.71. The summed E-state index contributed by atoms with van der Waals surface area (Å²) in [5, 5.41) is 0. The minimum absolute atomic E-state index is 0.295. The second kappa shape index (κ2) is 2.53. The Balaban J connectivity index is 2.47. The van der Waals surface area contributed by atoms with Crippen LogP contribution in [0.15, 0.2) is 18.2 Å². The Morgan fingerprint density at radius 1 is 1.55 bits per heavy atom. The van der Waals surface area contributed by atoms with Gasteiger partial charge in [-0.3, -0.25) is 0 Å². The molecule has 0 radical (unpaired) electrons. The van der Waals surface area contributed by atoms with Crippen molar-refractivity contribution in [1.29, 1.82) is 0 Å². The molecule has 2 heteroatoms. The first-order valence-corrected chi connectivity index (χ1v) is 3.62. The van der Waals surface area contributed by atoms with E-state index in [4.69, 9.17) is 6.11 Å². The fourth-order valence-corrected chi connectivity index (χ4v) is 1.19. The molecule has 0 saturated carbocycles. The average Bonchev–Trinajstić information content (AvgIpc) is 2.07. The van der Waals surface area contributed by atoms with Crippen LogP contribution in [-0.2, 0) is 6.40 Å². The Bertz CT molecular complexity index is 301. The van der Waals surface area contributed by atoms with E-state index in [1.165, 1.54) is 12.1 Å². The summed E-state index contributed by atoms with van der Waals surface area (Å²) >= 11 is 0. The van der Waals surface area contributed by atoms with Gasteiger partial charge in [0.15, 0.2) is 0 Å². The molecule has 1 aromatic carbocycles. The maximum Gasteiger partial charge on any atom is 0.123 e. The maximum atomic E-state index is 12.7. The van der Waals surface area contributed by atoms with E-state index in [1.54, 1.807) is 6.07 Å². The van der Waals surface area contributed by atoms with Gasteiger partial charge in [0.1, 0.15) is 11.6 Å². The molecule has 1 unspecified atom stereocenters. The summed E-state index contributed by atoms with van der Waals surface area (Å²) in [5.74, 6) is 0.360. The van der Waals surface area contributed by atoms with Gasteiger partial charge in [-0.05, 0) is 36.6 Å². The third kappa shape index (κ3) is 1.20. The van der Waals surface area contributed by atoms with Gasteiger partial charge in [0.2, 0.25) is 0 Å². The van der Waals surface area contributed by atoms with Crippen LogP contribution in [0, 0.1) is 5.82 Å². The first-order valence-electron chi connectivity index (χ1n) is 4.19. The SMILES string of the molecule is [2H]C1CCOc2ccc(F)cc21. The van der Waals surface area contributed by atoms with E-state index >= 15 is 0 Å². The van der Waals surface area contributed by atoms with Crippen LogP contribution < -0.4 is 4.74 Å². The predicted octanol–water partition coefficient (Wildman–Crippen LogP) is 2.15. The lowest BCUT2D eigenvalue weighted by atomic mass is 10.1. The summed E-state index contributed by atoms with van der Waals surface area (Å²) < 4.78 is 25.6. The molecule has 58 valence electrons. The molecule has 1 atom stereocenters. The van der Waals surface area contributed by atoms with Gasteiger partial charge in [-0.1, -0.05) is 0 Å². The molecule has 1 aromatic rings. The molecule has 1 aliphatic rings. The lowest BCUT2D eigenvalue weighted by Crippen LogP contribution is -2.08. The Morgan fingerprint density at radius 2 is 2.45 bits per heavy atom. The second-order valence-electron chi connectivity index (χ2n) is 2.52. The van der Waals surface area contributed by atoms with E-state index in [0.717, 1.165) is 0 Å². The summed E-state index contributed by atoms with van der Waals surface area (Å²) in [5.41, 5.74) is 0.668. The van der Waals surface area contributed by atoms with Gasteiger partial charge in [-0.25, -0.2) is 4.39 Å². The van der Waals surface area contributed by atoms with Crippen molar-refractivity contribution >= 4 is 0 Å². The van der Waals surface area contributed by atoms with E-state index in [1.807, 2.05) is 0 Å². The highest BCUT2D eigenvalue weighted by Crippen LogP contribution is 2.24. The number of benzene rings is 1. The molecule has 0 N–H and O–H groups in total. The van der Waals surface area contributed by atoms with E-state index < -0.39 is 0 Å². The Kier molecular flexibility index (Phi) is 1.28. The fraction of sp³-hybridized carbons (Fsp3) is 0.333. The molecule has 0 fully saturated rings. The Labute approximate surface area is 66.2 Å². The van der Waals surface area contributed by atoms with Gasteiger partial charge >= 0.3 is 0 Å². The summed E-state index contributed by atoms with van der Waals surface area (Å²) in [6, 6.07) is 4.33. The van der Waals surface area contributed by atoms with Gasteiger partial charge in [-0.15, -0.1) is 0 Å². The number of fused-ring (bicyclic) bond motifs is 1. The summed E-state index contributed by atoms with van der Waals surface area (Å²) in [6.07, 6.45) is 0.320. The average molecular weight is 153 g/mol. The molecular formula is C9H9FO. The zero-order valence-electron chi connectivity index (χ0n) is 7.01. The first-order chi connectivity index (χ1) is 5.77. The monoisotopic (exact) mass is 153 g/mol. The van der Waals surface area contributed by atoms with Crippen LogP contribution in [0.5, 0.6) is 5.75 Å². The molecule has 0 aliphatic carbocycles. The molecule has 11 heavy (non-hydrogen) atoms. The molecule has 1 heterocycles. The molecule has 0 spiro atoms. The fourth-order valence-electron chi connectivity index (χ4n) is 1.19. The van der Waals surface area contributed by atoms with Gasteiger partial charge in [0.25, 0.3) is 0 Å². The van der Waals surface area contributed by atoms with E-state index in [2.05, 4.69) is 0 Å². The van der Waals surface area contributed by atoms with Crippen LogP contribution >= 0.6 is 0 Å². The quantitative estimate of drug-likeness (QED) is 0.555. The smallest absolute Gasteiger partial charge is 0.123 e. The second-order valence-corrected chi connectivity index (χ2v) is 2.52.